The zero-order chi connectivity index (χ0) is 17.1. The summed E-state index contributed by atoms with van der Waals surface area (Å²) >= 11 is 0. The molecule has 0 saturated heterocycles. The van der Waals surface area contributed by atoms with E-state index in [4.69, 9.17) is 0 Å². The number of rotatable bonds is 11. The van der Waals surface area contributed by atoms with E-state index in [9.17, 15) is 13.2 Å². The van der Waals surface area contributed by atoms with E-state index in [0.717, 1.165) is 51.1 Å². The Balaban J connectivity index is 2.70. The van der Waals surface area contributed by atoms with Crippen LogP contribution < -0.4 is 0 Å². The van der Waals surface area contributed by atoms with Gasteiger partial charge in [-0.1, -0.05) is 65.2 Å². The minimum atomic E-state index is -4.35. The number of unbranched alkanes of at least 4 members (excludes halogenated alkanes) is 6. The molecule has 23 heavy (non-hydrogen) atoms. The summed E-state index contributed by atoms with van der Waals surface area (Å²) in [6.07, 6.45) is 7.34. The van der Waals surface area contributed by atoms with Gasteiger partial charge in [-0.05, 0) is 18.9 Å². The van der Waals surface area contributed by atoms with Crippen LogP contribution in [0.15, 0.2) is 12.3 Å². The summed E-state index contributed by atoms with van der Waals surface area (Å²) in [7, 11) is 0. The molecule has 132 valence electrons. The van der Waals surface area contributed by atoms with Crippen LogP contribution in [0.5, 0.6) is 0 Å². The third-order valence-corrected chi connectivity index (χ3v) is 4.23. The Hall–Kier alpha value is -1.13. The molecule has 0 aliphatic carbocycles. The van der Waals surface area contributed by atoms with E-state index in [-0.39, 0.29) is 5.92 Å². The summed E-state index contributed by atoms with van der Waals surface area (Å²) in [6, 6.07) is 1.19. The molecule has 0 amide bonds. The summed E-state index contributed by atoms with van der Waals surface area (Å²) in [6.45, 7) is 4.30. The normalized spacial score (nSPS) is 13.3. The molecule has 1 aromatic heterocycles. The van der Waals surface area contributed by atoms with E-state index < -0.39 is 11.7 Å². The van der Waals surface area contributed by atoms with E-state index in [1.807, 2.05) is 0 Å². The number of hydrogen-bond donors (Lipinski definition) is 0. The predicted molar refractivity (Wildman–Crippen MR) is 87.3 cm³/mol. The van der Waals surface area contributed by atoms with Gasteiger partial charge in [0.15, 0.2) is 0 Å². The summed E-state index contributed by atoms with van der Waals surface area (Å²) in [5.41, 5.74) is -0.180. The molecule has 1 atom stereocenters. The highest BCUT2D eigenvalue weighted by atomic mass is 19.4. The molecule has 5 heteroatoms. The second kappa shape index (κ2) is 10.6. The van der Waals surface area contributed by atoms with Gasteiger partial charge in [0.1, 0.15) is 0 Å². The summed E-state index contributed by atoms with van der Waals surface area (Å²) < 4.78 is 38.6. The number of aromatic nitrogens is 2. The Kier molecular flexibility index (Phi) is 9.19. The van der Waals surface area contributed by atoms with Gasteiger partial charge in [0.2, 0.25) is 0 Å². The van der Waals surface area contributed by atoms with E-state index in [0.29, 0.717) is 5.69 Å². The molecule has 0 fully saturated rings. The second-order valence-corrected chi connectivity index (χ2v) is 6.26. The van der Waals surface area contributed by atoms with Crippen LogP contribution in [-0.4, -0.2) is 10.2 Å². The van der Waals surface area contributed by atoms with Gasteiger partial charge >= 0.3 is 6.18 Å². The fourth-order valence-electron chi connectivity index (χ4n) is 2.81. The molecule has 0 N–H and O–H groups in total. The zero-order valence-electron chi connectivity index (χ0n) is 14.3. The minimum absolute atomic E-state index is 0.0953. The average Bonchev–Trinajstić information content (AvgIpc) is 2.52. The van der Waals surface area contributed by atoms with Crippen molar-refractivity contribution in [2.75, 3.05) is 0 Å². The van der Waals surface area contributed by atoms with E-state index in [1.165, 1.54) is 25.3 Å². The molecule has 0 aliphatic heterocycles. The topological polar surface area (TPSA) is 25.8 Å². The van der Waals surface area contributed by atoms with Crippen molar-refractivity contribution in [2.24, 2.45) is 0 Å². The van der Waals surface area contributed by atoms with Crippen LogP contribution in [0.4, 0.5) is 13.2 Å². The Labute approximate surface area is 137 Å². The third kappa shape index (κ3) is 7.80. The Morgan fingerprint density at radius 1 is 0.913 bits per heavy atom. The SMILES string of the molecule is CCCCCCCC(CCCCC)c1cc(C(F)(F)F)cnn1. The van der Waals surface area contributed by atoms with Gasteiger partial charge in [-0.25, -0.2) is 0 Å². The quantitative estimate of drug-likeness (QED) is 0.432. The number of hydrogen-bond acceptors (Lipinski definition) is 2. The highest BCUT2D eigenvalue weighted by molar-refractivity contribution is 5.18. The molecular weight excluding hydrogens is 301 g/mol. The van der Waals surface area contributed by atoms with Crippen molar-refractivity contribution in [3.63, 3.8) is 0 Å². The van der Waals surface area contributed by atoms with Crippen LogP contribution in [0, 0.1) is 0 Å². The van der Waals surface area contributed by atoms with Gasteiger partial charge in [0.05, 0.1) is 17.5 Å². The summed E-state index contributed by atoms with van der Waals surface area (Å²) in [4.78, 5) is 0. The van der Waals surface area contributed by atoms with Gasteiger partial charge in [-0.15, -0.1) is 0 Å². The Morgan fingerprint density at radius 2 is 1.48 bits per heavy atom. The first kappa shape index (κ1) is 19.9. The maximum absolute atomic E-state index is 12.9. The maximum Gasteiger partial charge on any atom is 0.418 e. The lowest BCUT2D eigenvalue weighted by Gasteiger charge is -2.17. The van der Waals surface area contributed by atoms with Crippen LogP contribution in [0.1, 0.15) is 95.2 Å². The molecule has 0 saturated carbocycles. The van der Waals surface area contributed by atoms with Crippen LogP contribution in [-0.2, 0) is 6.18 Å². The zero-order valence-corrected chi connectivity index (χ0v) is 14.3. The Bertz CT molecular complexity index is 433. The number of halogens is 3. The van der Waals surface area contributed by atoms with Crippen LogP contribution in [0.2, 0.25) is 0 Å². The van der Waals surface area contributed by atoms with Gasteiger partial charge in [0, 0.05) is 5.92 Å². The molecule has 0 aliphatic rings. The van der Waals surface area contributed by atoms with Crippen molar-refractivity contribution in [3.05, 3.63) is 23.5 Å². The monoisotopic (exact) mass is 330 g/mol. The van der Waals surface area contributed by atoms with E-state index in [1.54, 1.807) is 0 Å². The average molecular weight is 330 g/mol. The molecule has 0 spiro atoms. The van der Waals surface area contributed by atoms with Gasteiger partial charge < -0.3 is 0 Å². The van der Waals surface area contributed by atoms with Crippen LogP contribution in [0.25, 0.3) is 0 Å². The summed E-state index contributed by atoms with van der Waals surface area (Å²) in [5.74, 6) is 0.0953. The lowest BCUT2D eigenvalue weighted by Crippen LogP contribution is -2.10. The van der Waals surface area contributed by atoms with Crippen molar-refractivity contribution in [3.8, 4) is 0 Å². The Morgan fingerprint density at radius 3 is 2.09 bits per heavy atom. The predicted octanol–water partition coefficient (Wildman–Crippen LogP) is 6.52. The lowest BCUT2D eigenvalue weighted by molar-refractivity contribution is -0.138. The lowest BCUT2D eigenvalue weighted by atomic mass is 9.91. The fraction of sp³-hybridized carbons (Fsp3) is 0.778. The molecule has 1 unspecified atom stereocenters. The highest BCUT2D eigenvalue weighted by Gasteiger charge is 2.32. The van der Waals surface area contributed by atoms with Crippen molar-refractivity contribution < 1.29 is 13.2 Å². The van der Waals surface area contributed by atoms with Crippen molar-refractivity contribution >= 4 is 0 Å². The summed E-state index contributed by atoms with van der Waals surface area (Å²) in [5, 5.41) is 7.58. The first-order valence-corrected chi connectivity index (χ1v) is 8.88. The van der Waals surface area contributed by atoms with Gasteiger partial charge in [0.25, 0.3) is 0 Å². The van der Waals surface area contributed by atoms with E-state index >= 15 is 0 Å². The molecule has 0 bridgehead atoms. The maximum atomic E-state index is 12.9. The molecule has 1 aromatic rings. The fourth-order valence-corrected chi connectivity index (χ4v) is 2.81. The van der Waals surface area contributed by atoms with Crippen LogP contribution >= 0.6 is 0 Å². The van der Waals surface area contributed by atoms with Crippen LogP contribution in [0.3, 0.4) is 0 Å². The number of nitrogens with zero attached hydrogens (tertiary/aromatic N) is 2. The second-order valence-electron chi connectivity index (χ2n) is 6.26. The molecule has 0 aromatic carbocycles. The van der Waals surface area contributed by atoms with Gasteiger partial charge in [-0.2, -0.15) is 23.4 Å². The standard InChI is InChI=1S/C18H29F3N2/c1-3-5-7-8-10-12-15(11-9-6-4-2)17-13-16(14-22-23-17)18(19,20)21/h13-15H,3-12H2,1-2H3. The molecular formula is C18H29F3N2. The van der Waals surface area contributed by atoms with Crippen molar-refractivity contribution in [1.29, 1.82) is 0 Å². The smallest absolute Gasteiger partial charge is 0.166 e. The first-order valence-electron chi connectivity index (χ1n) is 8.88. The largest absolute Gasteiger partial charge is 0.418 e. The minimum Gasteiger partial charge on any atom is -0.166 e. The molecule has 2 nitrogen and oxygen atoms in total. The van der Waals surface area contributed by atoms with Crippen molar-refractivity contribution in [1.82, 2.24) is 10.2 Å². The molecule has 1 heterocycles. The first-order chi connectivity index (χ1) is 11.0. The number of alkyl halides is 3. The molecule has 1 rings (SSSR count). The highest BCUT2D eigenvalue weighted by Crippen LogP contribution is 2.32. The third-order valence-electron chi connectivity index (χ3n) is 4.23. The van der Waals surface area contributed by atoms with Crippen molar-refractivity contribution in [2.45, 2.75) is 90.1 Å². The molecule has 0 radical (unpaired) electrons. The van der Waals surface area contributed by atoms with E-state index in [2.05, 4.69) is 24.0 Å². The van der Waals surface area contributed by atoms with Gasteiger partial charge in [-0.3, -0.25) is 0 Å².